The van der Waals surface area contributed by atoms with Gasteiger partial charge in [0.15, 0.2) is 0 Å². The highest BCUT2D eigenvalue weighted by atomic mass is 16.3. The molecular formula is C18H20N2O. The molecule has 1 heterocycles. The van der Waals surface area contributed by atoms with Gasteiger partial charge < -0.3 is 10.0 Å². The van der Waals surface area contributed by atoms with Crippen molar-refractivity contribution in [2.24, 2.45) is 4.99 Å². The van der Waals surface area contributed by atoms with E-state index in [4.69, 9.17) is 0 Å². The van der Waals surface area contributed by atoms with Crippen LogP contribution >= 0.6 is 0 Å². The van der Waals surface area contributed by atoms with Crippen LogP contribution in [0.25, 0.3) is 0 Å². The fraction of sp³-hybridized carbons (Fsp3) is 0.278. The lowest BCUT2D eigenvalue weighted by atomic mass is 9.94. The van der Waals surface area contributed by atoms with E-state index in [0.29, 0.717) is 0 Å². The second-order valence-corrected chi connectivity index (χ2v) is 5.55. The first-order chi connectivity index (χ1) is 10.2. The van der Waals surface area contributed by atoms with Crippen molar-refractivity contribution in [1.29, 1.82) is 0 Å². The molecule has 0 bridgehead atoms. The molecule has 0 radical (unpaired) electrons. The molecule has 1 unspecified atom stereocenters. The highest BCUT2D eigenvalue weighted by Crippen LogP contribution is 2.27. The Morgan fingerprint density at radius 1 is 1.05 bits per heavy atom. The Morgan fingerprint density at radius 2 is 1.67 bits per heavy atom. The predicted molar refractivity (Wildman–Crippen MR) is 85.2 cm³/mol. The molecule has 1 aliphatic rings. The normalized spacial score (nSPS) is 17.4. The smallest absolute Gasteiger partial charge is 0.144 e. The van der Waals surface area contributed by atoms with Gasteiger partial charge in [-0.3, -0.25) is 4.99 Å². The maximum atomic E-state index is 11.0. The molecule has 2 aromatic rings. The van der Waals surface area contributed by atoms with Crippen molar-refractivity contribution < 1.29 is 5.11 Å². The summed E-state index contributed by atoms with van der Waals surface area (Å²) in [5.74, 6) is 0.762. The molecule has 0 amide bonds. The van der Waals surface area contributed by atoms with Crippen LogP contribution in [0.4, 0.5) is 0 Å². The molecule has 0 aliphatic carbocycles. The SMILES string of the molecule is CC(O)(C1=NCCN1Cc1ccccc1)c1ccccc1. The summed E-state index contributed by atoms with van der Waals surface area (Å²) in [5, 5.41) is 11.0. The zero-order valence-electron chi connectivity index (χ0n) is 12.2. The second kappa shape index (κ2) is 5.70. The van der Waals surface area contributed by atoms with Crippen molar-refractivity contribution in [2.75, 3.05) is 13.1 Å². The number of aliphatic hydroxyl groups is 1. The summed E-state index contributed by atoms with van der Waals surface area (Å²) in [7, 11) is 0. The highest BCUT2D eigenvalue weighted by Gasteiger charge is 2.35. The summed E-state index contributed by atoms with van der Waals surface area (Å²) < 4.78 is 0. The Labute approximate surface area is 125 Å². The van der Waals surface area contributed by atoms with E-state index in [2.05, 4.69) is 22.0 Å². The lowest BCUT2D eigenvalue weighted by Gasteiger charge is -2.31. The Balaban J connectivity index is 1.84. The predicted octanol–water partition coefficient (Wildman–Crippen LogP) is 2.81. The lowest BCUT2D eigenvalue weighted by Crippen LogP contribution is -2.42. The number of hydrogen-bond acceptors (Lipinski definition) is 3. The van der Waals surface area contributed by atoms with Crippen molar-refractivity contribution in [3.05, 3.63) is 71.8 Å². The molecule has 0 saturated heterocycles. The minimum atomic E-state index is -1.05. The van der Waals surface area contributed by atoms with Crippen LogP contribution in [0, 0.1) is 0 Å². The average molecular weight is 280 g/mol. The molecule has 0 spiro atoms. The van der Waals surface area contributed by atoms with Crippen LogP contribution in [0.5, 0.6) is 0 Å². The number of nitrogens with zero attached hydrogens (tertiary/aromatic N) is 2. The number of aliphatic imine (C=N–C) groups is 1. The highest BCUT2D eigenvalue weighted by molar-refractivity contribution is 5.92. The molecule has 1 atom stereocenters. The summed E-state index contributed by atoms with van der Waals surface area (Å²) >= 11 is 0. The van der Waals surface area contributed by atoms with Crippen LogP contribution in [0.15, 0.2) is 65.7 Å². The zero-order valence-corrected chi connectivity index (χ0v) is 12.2. The maximum absolute atomic E-state index is 11.0. The van der Waals surface area contributed by atoms with Crippen LogP contribution in [0.3, 0.4) is 0 Å². The summed E-state index contributed by atoms with van der Waals surface area (Å²) in [6.45, 7) is 4.20. The summed E-state index contributed by atoms with van der Waals surface area (Å²) in [4.78, 5) is 6.72. The van der Waals surface area contributed by atoms with E-state index in [1.165, 1.54) is 5.56 Å². The van der Waals surface area contributed by atoms with Crippen LogP contribution in [0.1, 0.15) is 18.1 Å². The molecule has 21 heavy (non-hydrogen) atoms. The summed E-state index contributed by atoms with van der Waals surface area (Å²) in [6, 6.07) is 20.0. The van der Waals surface area contributed by atoms with E-state index in [-0.39, 0.29) is 0 Å². The molecule has 3 nitrogen and oxygen atoms in total. The Hall–Kier alpha value is -2.13. The van der Waals surface area contributed by atoms with Gasteiger partial charge >= 0.3 is 0 Å². The first-order valence-electron chi connectivity index (χ1n) is 7.29. The van der Waals surface area contributed by atoms with Crippen molar-refractivity contribution in [3.8, 4) is 0 Å². The minimum Gasteiger partial charge on any atom is -0.377 e. The Bertz CT molecular complexity index is 620. The van der Waals surface area contributed by atoms with Crippen LogP contribution in [-0.4, -0.2) is 28.9 Å². The third-order valence-corrected chi connectivity index (χ3v) is 3.92. The van der Waals surface area contributed by atoms with Crippen molar-refractivity contribution in [2.45, 2.75) is 19.1 Å². The number of rotatable bonds is 4. The van der Waals surface area contributed by atoms with Gasteiger partial charge in [-0.1, -0.05) is 60.7 Å². The molecule has 1 N–H and O–H groups in total. The van der Waals surface area contributed by atoms with Crippen molar-refractivity contribution in [3.63, 3.8) is 0 Å². The van der Waals surface area contributed by atoms with Gasteiger partial charge in [0.05, 0.1) is 6.54 Å². The van der Waals surface area contributed by atoms with E-state index >= 15 is 0 Å². The zero-order chi connectivity index (χ0) is 14.7. The number of amidine groups is 1. The quantitative estimate of drug-likeness (QED) is 0.935. The van der Waals surface area contributed by atoms with Gasteiger partial charge in [-0.25, -0.2) is 0 Å². The molecule has 0 aromatic heterocycles. The topological polar surface area (TPSA) is 35.8 Å². The van der Waals surface area contributed by atoms with E-state index in [1.54, 1.807) is 0 Å². The van der Waals surface area contributed by atoms with Gasteiger partial charge in [-0.2, -0.15) is 0 Å². The third kappa shape index (κ3) is 2.83. The molecule has 108 valence electrons. The Kier molecular flexibility index (Phi) is 3.76. The fourth-order valence-corrected chi connectivity index (χ4v) is 2.79. The minimum absolute atomic E-state index is 0.741. The van der Waals surface area contributed by atoms with Crippen molar-refractivity contribution in [1.82, 2.24) is 4.90 Å². The largest absolute Gasteiger partial charge is 0.377 e. The van der Waals surface area contributed by atoms with E-state index < -0.39 is 5.60 Å². The van der Waals surface area contributed by atoms with Gasteiger partial charge in [0.25, 0.3) is 0 Å². The average Bonchev–Trinajstić information content (AvgIpc) is 2.98. The third-order valence-electron chi connectivity index (χ3n) is 3.92. The van der Waals surface area contributed by atoms with Gasteiger partial charge in [0.1, 0.15) is 11.4 Å². The number of hydrogen-bond donors (Lipinski definition) is 1. The lowest BCUT2D eigenvalue weighted by molar-refractivity contribution is 0.118. The Morgan fingerprint density at radius 3 is 2.33 bits per heavy atom. The van der Waals surface area contributed by atoms with Gasteiger partial charge in [0.2, 0.25) is 0 Å². The van der Waals surface area contributed by atoms with Gasteiger partial charge in [-0.15, -0.1) is 0 Å². The first-order valence-corrected chi connectivity index (χ1v) is 7.29. The summed E-state index contributed by atoms with van der Waals surface area (Å²) in [5.41, 5.74) is 1.06. The van der Waals surface area contributed by atoms with Gasteiger partial charge in [-0.05, 0) is 18.1 Å². The van der Waals surface area contributed by atoms with Crippen LogP contribution < -0.4 is 0 Å². The number of benzene rings is 2. The molecule has 0 saturated carbocycles. The van der Waals surface area contributed by atoms with Crippen molar-refractivity contribution >= 4 is 5.84 Å². The molecule has 0 fully saturated rings. The molecule has 3 rings (SSSR count). The maximum Gasteiger partial charge on any atom is 0.144 e. The van der Waals surface area contributed by atoms with E-state index in [9.17, 15) is 5.11 Å². The van der Waals surface area contributed by atoms with E-state index in [1.807, 2.05) is 55.5 Å². The van der Waals surface area contributed by atoms with Crippen LogP contribution in [0.2, 0.25) is 0 Å². The standard InChI is InChI=1S/C18H20N2O/c1-18(21,16-10-6-3-7-11-16)17-19-12-13-20(17)14-15-8-4-2-5-9-15/h2-11,21H,12-14H2,1H3. The molecule has 2 aromatic carbocycles. The first kappa shape index (κ1) is 13.8. The summed E-state index contributed by atoms with van der Waals surface area (Å²) in [6.07, 6.45) is 0. The van der Waals surface area contributed by atoms with Crippen LogP contribution in [-0.2, 0) is 12.1 Å². The van der Waals surface area contributed by atoms with E-state index in [0.717, 1.165) is 31.0 Å². The second-order valence-electron chi connectivity index (χ2n) is 5.55. The fourth-order valence-electron chi connectivity index (χ4n) is 2.79. The molecule has 3 heteroatoms. The molecular weight excluding hydrogens is 260 g/mol. The van der Waals surface area contributed by atoms with Gasteiger partial charge in [0, 0.05) is 13.1 Å². The molecule has 1 aliphatic heterocycles. The monoisotopic (exact) mass is 280 g/mol.